The lowest BCUT2D eigenvalue weighted by Gasteiger charge is -2.41. The first kappa shape index (κ1) is 21.7. The van der Waals surface area contributed by atoms with Crippen molar-refractivity contribution in [2.24, 2.45) is 29.6 Å². The molecule has 1 N–H and O–H groups in total. The Labute approximate surface area is 185 Å². The highest BCUT2D eigenvalue weighted by Crippen LogP contribution is 2.44. The molecule has 0 radical (unpaired) electrons. The van der Waals surface area contributed by atoms with Crippen LogP contribution in [0.5, 0.6) is 0 Å². The third kappa shape index (κ3) is 4.64. The highest BCUT2D eigenvalue weighted by molar-refractivity contribution is 5.88. The van der Waals surface area contributed by atoms with E-state index in [9.17, 15) is 14.7 Å². The van der Waals surface area contributed by atoms with Crippen LogP contribution in [0.25, 0.3) is 0 Å². The van der Waals surface area contributed by atoms with Gasteiger partial charge in [0.25, 0.3) is 5.91 Å². The minimum absolute atomic E-state index is 0.136. The molecule has 2 aliphatic heterocycles. The highest BCUT2D eigenvalue weighted by atomic mass is 17.2. The van der Waals surface area contributed by atoms with E-state index in [1.54, 1.807) is 4.90 Å². The zero-order chi connectivity index (χ0) is 21.4. The highest BCUT2D eigenvalue weighted by Gasteiger charge is 2.50. The maximum Gasteiger partial charge on any atom is 0.254 e. The van der Waals surface area contributed by atoms with Crippen molar-refractivity contribution in [1.29, 1.82) is 0 Å². The van der Waals surface area contributed by atoms with Crippen molar-refractivity contribution in [3.63, 3.8) is 0 Å². The topological polar surface area (TPSA) is 79.3 Å². The van der Waals surface area contributed by atoms with Gasteiger partial charge >= 0.3 is 0 Å². The summed E-state index contributed by atoms with van der Waals surface area (Å²) >= 11 is 0. The zero-order valence-electron chi connectivity index (χ0n) is 18.7. The predicted molar refractivity (Wildman–Crippen MR) is 114 cm³/mol. The molecular weight excluding hydrogens is 396 g/mol. The number of carbonyl (C=O) groups is 2. The van der Waals surface area contributed by atoms with Gasteiger partial charge in [0, 0.05) is 38.0 Å². The molecule has 3 aliphatic carbocycles. The average molecular weight is 435 g/mol. The summed E-state index contributed by atoms with van der Waals surface area (Å²) < 4.78 is 0. The molecular formula is C24H38N2O5. The Hall–Kier alpha value is -1.18. The molecule has 0 aromatic heterocycles. The van der Waals surface area contributed by atoms with Crippen LogP contribution in [0.15, 0.2) is 0 Å². The number of carbonyl (C=O) groups excluding carboxylic acids is 2. The smallest absolute Gasteiger partial charge is 0.254 e. The van der Waals surface area contributed by atoms with Gasteiger partial charge in [-0.3, -0.25) is 9.59 Å². The van der Waals surface area contributed by atoms with Gasteiger partial charge < -0.3 is 14.9 Å². The second kappa shape index (κ2) is 8.99. The van der Waals surface area contributed by atoms with Gasteiger partial charge in [-0.2, -0.15) is 0 Å². The Bertz CT molecular complexity index is 651. The average Bonchev–Trinajstić information content (AvgIpc) is 3.34. The second-order valence-electron chi connectivity index (χ2n) is 10.8. The SMILES string of the molecule is O=C(C1CCC(C2CCC(C3COOC3)CC2)CC1)N1CCN(C(=O)C2(O)CC2)CC1. The zero-order valence-corrected chi connectivity index (χ0v) is 18.7. The maximum absolute atomic E-state index is 13.1. The minimum Gasteiger partial charge on any atom is -0.380 e. The van der Waals surface area contributed by atoms with Gasteiger partial charge in [0.1, 0.15) is 5.60 Å². The van der Waals surface area contributed by atoms with Gasteiger partial charge in [0.2, 0.25) is 5.91 Å². The van der Waals surface area contributed by atoms with Crippen LogP contribution in [0.1, 0.15) is 64.2 Å². The van der Waals surface area contributed by atoms with Crippen LogP contribution in [0.3, 0.4) is 0 Å². The lowest BCUT2D eigenvalue weighted by atomic mass is 9.67. The third-order valence-electron chi connectivity index (χ3n) is 8.92. The summed E-state index contributed by atoms with van der Waals surface area (Å²) in [7, 11) is 0. The Morgan fingerprint density at radius 1 is 0.677 bits per heavy atom. The molecule has 5 aliphatic rings. The van der Waals surface area contributed by atoms with E-state index in [0.29, 0.717) is 50.8 Å². The molecule has 0 aromatic carbocycles. The first-order valence-electron chi connectivity index (χ1n) is 12.6. The van der Waals surface area contributed by atoms with E-state index in [0.717, 1.165) is 43.8 Å². The molecule has 5 fully saturated rings. The van der Waals surface area contributed by atoms with Gasteiger partial charge in [0.15, 0.2) is 0 Å². The van der Waals surface area contributed by atoms with Gasteiger partial charge in [0.05, 0.1) is 13.2 Å². The third-order valence-corrected chi connectivity index (χ3v) is 8.92. The summed E-state index contributed by atoms with van der Waals surface area (Å²) in [5.74, 6) is 3.30. The van der Waals surface area contributed by atoms with Crippen LogP contribution >= 0.6 is 0 Å². The van der Waals surface area contributed by atoms with E-state index in [1.807, 2.05) is 4.90 Å². The lowest BCUT2D eigenvalue weighted by Crippen LogP contribution is -2.54. The molecule has 2 heterocycles. The van der Waals surface area contributed by atoms with Crippen molar-refractivity contribution in [3.05, 3.63) is 0 Å². The summed E-state index contributed by atoms with van der Waals surface area (Å²) in [6.07, 6.45) is 10.8. The van der Waals surface area contributed by atoms with Crippen molar-refractivity contribution < 1.29 is 24.5 Å². The molecule has 5 rings (SSSR count). The van der Waals surface area contributed by atoms with Crippen LogP contribution in [0, 0.1) is 29.6 Å². The monoisotopic (exact) mass is 434 g/mol. The normalized spacial score (nSPS) is 36.4. The number of hydrogen-bond acceptors (Lipinski definition) is 5. The van der Waals surface area contributed by atoms with E-state index in [1.165, 1.54) is 38.5 Å². The molecule has 174 valence electrons. The number of amides is 2. The van der Waals surface area contributed by atoms with Crippen molar-refractivity contribution in [3.8, 4) is 0 Å². The van der Waals surface area contributed by atoms with E-state index in [4.69, 9.17) is 9.78 Å². The number of piperazine rings is 1. The van der Waals surface area contributed by atoms with Crippen molar-refractivity contribution in [2.75, 3.05) is 39.4 Å². The summed E-state index contributed by atoms with van der Waals surface area (Å²) in [5.41, 5.74) is -1.09. The standard InChI is InChI=1S/C24H38N2O5/c27-22(25-11-13-26(14-12-25)23(28)24(29)9-10-24)20-7-5-18(6-8-20)17-1-3-19(4-2-17)21-15-30-31-16-21/h17-21,29H,1-16H2. The molecule has 3 saturated carbocycles. The number of hydrogen-bond donors (Lipinski definition) is 1. The predicted octanol–water partition coefficient (Wildman–Crippen LogP) is 2.37. The molecule has 31 heavy (non-hydrogen) atoms. The number of aliphatic hydroxyl groups is 1. The summed E-state index contributed by atoms with van der Waals surface area (Å²) in [6.45, 7) is 3.88. The Kier molecular flexibility index (Phi) is 6.28. The number of nitrogens with zero attached hydrogens (tertiary/aromatic N) is 2. The molecule has 2 amide bonds. The minimum atomic E-state index is -1.09. The van der Waals surface area contributed by atoms with Crippen LogP contribution in [0.2, 0.25) is 0 Å². The van der Waals surface area contributed by atoms with Crippen molar-refractivity contribution in [2.45, 2.75) is 69.8 Å². The fourth-order valence-electron chi connectivity index (χ4n) is 6.53. The fourth-order valence-corrected chi connectivity index (χ4v) is 6.53. The van der Waals surface area contributed by atoms with Crippen LogP contribution in [-0.2, 0) is 19.4 Å². The van der Waals surface area contributed by atoms with E-state index in [-0.39, 0.29) is 11.8 Å². The lowest BCUT2D eigenvalue weighted by molar-refractivity contribution is -0.248. The molecule has 7 nitrogen and oxygen atoms in total. The molecule has 0 spiro atoms. The molecule has 7 heteroatoms. The van der Waals surface area contributed by atoms with Crippen LogP contribution in [0.4, 0.5) is 0 Å². The number of rotatable bonds is 4. The van der Waals surface area contributed by atoms with Crippen molar-refractivity contribution in [1.82, 2.24) is 9.80 Å². The van der Waals surface area contributed by atoms with Gasteiger partial charge in [-0.15, -0.1) is 0 Å². The molecule has 2 saturated heterocycles. The van der Waals surface area contributed by atoms with Gasteiger partial charge in [-0.05, 0) is 82.0 Å². The Morgan fingerprint density at radius 3 is 1.65 bits per heavy atom. The molecule has 0 bridgehead atoms. The summed E-state index contributed by atoms with van der Waals surface area (Å²) in [6, 6.07) is 0. The maximum atomic E-state index is 13.1. The summed E-state index contributed by atoms with van der Waals surface area (Å²) in [4.78, 5) is 39.3. The first-order valence-corrected chi connectivity index (χ1v) is 12.6. The van der Waals surface area contributed by atoms with Gasteiger partial charge in [-0.1, -0.05) is 0 Å². The quantitative estimate of drug-likeness (QED) is 0.688. The van der Waals surface area contributed by atoms with Gasteiger partial charge in [-0.25, -0.2) is 9.78 Å². The first-order chi connectivity index (χ1) is 15.0. The fraction of sp³-hybridized carbons (Fsp3) is 0.917. The molecule has 0 unspecified atom stereocenters. The van der Waals surface area contributed by atoms with Crippen molar-refractivity contribution >= 4 is 11.8 Å². The Morgan fingerprint density at radius 2 is 1.13 bits per heavy atom. The molecule has 0 aromatic rings. The van der Waals surface area contributed by atoms with E-state index < -0.39 is 5.60 Å². The van der Waals surface area contributed by atoms with Crippen LogP contribution < -0.4 is 0 Å². The van der Waals surface area contributed by atoms with Crippen LogP contribution in [-0.4, -0.2) is 71.7 Å². The Balaban J connectivity index is 1.03. The van der Waals surface area contributed by atoms with E-state index in [2.05, 4.69) is 0 Å². The largest absolute Gasteiger partial charge is 0.380 e. The second-order valence-corrected chi connectivity index (χ2v) is 10.8. The molecule has 0 atom stereocenters. The van der Waals surface area contributed by atoms with E-state index >= 15 is 0 Å². The summed E-state index contributed by atoms with van der Waals surface area (Å²) in [5, 5.41) is 10.0.